The molecule has 0 bridgehead atoms. The first kappa shape index (κ1) is 13.1. The zero-order valence-electron chi connectivity index (χ0n) is 10.8. The smallest absolute Gasteiger partial charge is 0.321 e. The van der Waals surface area contributed by atoms with Crippen LogP contribution in [0.25, 0.3) is 10.6 Å². The van der Waals surface area contributed by atoms with E-state index < -0.39 is 6.10 Å². The van der Waals surface area contributed by atoms with E-state index in [0.29, 0.717) is 19.5 Å². The van der Waals surface area contributed by atoms with Gasteiger partial charge in [0.25, 0.3) is 0 Å². The standard InChI is InChI=1S/C14H15N3O2S/c18-12-5-7-17(9-12)14(19)16-11-3-1-10(2-4-11)13-15-6-8-20-13/h1-4,6,8,12,18H,5,7,9H2,(H,16,19)/t12-/m0/s1. The highest BCUT2D eigenvalue weighted by molar-refractivity contribution is 7.13. The number of hydrogen-bond acceptors (Lipinski definition) is 4. The summed E-state index contributed by atoms with van der Waals surface area (Å²) in [5.74, 6) is 0. The van der Waals surface area contributed by atoms with Crippen molar-refractivity contribution in [2.45, 2.75) is 12.5 Å². The van der Waals surface area contributed by atoms with Gasteiger partial charge in [0.1, 0.15) is 5.01 Å². The van der Waals surface area contributed by atoms with Crippen LogP contribution in [0, 0.1) is 0 Å². The van der Waals surface area contributed by atoms with Gasteiger partial charge in [-0.3, -0.25) is 0 Å². The lowest BCUT2D eigenvalue weighted by Crippen LogP contribution is -2.33. The fraction of sp³-hybridized carbons (Fsp3) is 0.286. The van der Waals surface area contributed by atoms with Crippen molar-refractivity contribution in [3.8, 4) is 10.6 Å². The molecule has 1 aromatic heterocycles. The number of β-amino-alcohol motifs (C(OH)–C–C–N with tert-alkyl or cyclic N) is 1. The molecule has 2 N–H and O–H groups in total. The van der Waals surface area contributed by atoms with Crippen LogP contribution in [0.5, 0.6) is 0 Å². The monoisotopic (exact) mass is 289 g/mol. The molecule has 0 saturated carbocycles. The maximum Gasteiger partial charge on any atom is 0.321 e. The quantitative estimate of drug-likeness (QED) is 0.892. The topological polar surface area (TPSA) is 65.5 Å². The molecule has 104 valence electrons. The average molecular weight is 289 g/mol. The number of aliphatic hydroxyl groups excluding tert-OH is 1. The van der Waals surface area contributed by atoms with Crippen LogP contribution in [0.3, 0.4) is 0 Å². The van der Waals surface area contributed by atoms with Crippen molar-refractivity contribution in [2.75, 3.05) is 18.4 Å². The summed E-state index contributed by atoms with van der Waals surface area (Å²) in [6, 6.07) is 7.44. The maximum absolute atomic E-state index is 12.0. The van der Waals surface area contributed by atoms with Crippen LogP contribution in [0.15, 0.2) is 35.8 Å². The van der Waals surface area contributed by atoms with Gasteiger partial charge in [0.05, 0.1) is 6.10 Å². The molecule has 0 unspecified atom stereocenters. The fourth-order valence-electron chi connectivity index (χ4n) is 2.19. The van der Waals surface area contributed by atoms with Crippen LogP contribution in [-0.2, 0) is 0 Å². The first-order valence-corrected chi connectivity index (χ1v) is 7.34. The molecular formula is C14H15N3O2S. The summed E-state index contributed by atoms with van der Waals surface area (Å²) < 4.78 is 0. The van der Waals surface area contributed by atoms with Gasteiger partial charge in [-0.25, -0.2) is 9.78 Å². The number of rotatable bonds is 2. The van der Waals surface area contributed by atoms with E-state index in [1.807, 2.05) is 29.6 Å². The fourth-order valence-corrected chi connectivity index (χ4v) is 2.84. The number of likely N-dealkylation sites (tertiary alicyclic amines) is 1. The lowest BCUT2D eigenvalue weighted by atomic mass is 10.2. The van der Waals surface area contributed by atoms with Crippen LogP contribution in [0.4, 0.5) is 10.5 Å². The Morgan fingerprint density at radius 1 is 1.40 bits per heavy atom. The molecule has 20 heavy (non-hydrogen) atoms. The van der Waals surface area contributed by atoms with Gasteiger partial charge in [0.2, 0.25) is 0 Å². The highest BCUT2D eigenvalue weighted by Crippen LogP contribution is 2.23. The highest BCUT2D eigenvalue weighted by atomic mass is 32.1. The molecule has 2 aromatic rings. The van der Waals surface area contributed by atoms with E-state index in [0.717, 1.165) is 16.3 Å². The molecule has 0 aliphatic carbocycles. The molecular weight excluding hydrogens is 274 g/mol. The van der Waals surface area contributed by atoms with E-state index >= 15 is 0 Å². The summed E-state index contributed by atoms with van der Waals surface area (Å²) in [7, 11) is 0. The minimum atomic E-state index is -0.395. The van der Waals surface area contributed by atoms with Gasteiger partial charge in [0, 0.05) is 35.9 Å². The zero-order chi connectivity index (χ0) is 13.9. The third-order valence-electron chi connectivity index (χ3n) is 3.27. The number of hydrogen-bond donors (Lipinski definition) is 2. The number of anilines is 1. The molecule has 1 aromatic carbocycles. The minimum Gasteiger partial charge on any atom is -0.391 e. The molecule has 0 spiro atoms. The SMILES string of the molecule is O=C(Nc1ccc(-c2nccs2)cc1)N1CC[C@H](O)C1. The first-order chi connectivity index (χ1) is 9.72. The Hall–Kier alpha value is -1.92. The molecule has 1 atom stereocenters. The molecule has 2 amide bonds. The van der Waals surface area contributed by atoms with E-state index in [-0.39, 0.29) is 6.03 Å². The second kappa shape index (κ2) is 5.60. The van der Waals surface area contributed by atoms with Crippen molar-refractivity contribution in [1.82, 2.24) is 9.88 Å². The first-order valence-electron chi connectivity index (χ1n) is 6.46. The molecule has 6 heteroatoms. The summed E-state index contributed by atoms with van der Waals surface area (Å²) >= 11 is 1.58. The second-order valence-electron chi connectivity index (χ2n) is 4.73. The summed E-state index contributed by atoms with van der Waals surface area (Å²) in [5, 5.41) is 15.2. The maximum atomic E-state index is 12.0. The Morgan fingerprint density at radius 2 is 2.20 bits per heavy atom. The predicted octanol–water partition coefficient (Wildman–Crippen LogP) is 2.41. The predicted molar refractivity (Wildman–Crippen MR) is 78.8 cm³/mol. The molecule has 1 aliphatic rings. The lowest BCUT2D eigenvalue weighted by Gasteiger charge is -2.16. The zero-order valence-corrected chi connectivity index (χ0v) is 11.6. The number of amides is 2. The molecule has 5 nitrogen and oxygen atoms in total. The van der Waals surface area contributed by atoms with Gasteiger partial charge in [-0.1, -0.05) is 0 Å². The van der Waals surface area contributed by atoms with Gasteiger partial charge >= 0.3 is 6.03 Å². The lowest BCUT2D eigenvalue weighted by molar-refractivity contribution is 0.176. The summed E-state index contributed by atoms with van der Waals surface area (Å²) in [6.45, 7) is 1.01. The number of aromatic nitrogens is 1. The molecule has 1 fully saturated rings. The average Bonchev–Trinajstić information content (AvgIpc) is 3.10. The van der Waals surface area contributed by atoms with Gasteiger partial charge in [-0.15, -0.1) is 11.3 Å². The third kappa shape index (κ3) is 2.81. The summed E-state index contributed by atoms with van der Waals surface area (Å²) in [4.78, 5) is 17.8. The number of benzene rings is 1. The number of carbonyl (C=O) groups is 1. The van der Waals surface area contributed by atoms with Crippen molar-refractivity contribution in [2.24, 2.45) is 0 Å². The van der Waals surface area contributed by atoms with Gasteiger partial charge in [-0.2, -0.15) is 0 Å². The van der Waals surface area contributed by atoms with Crippen molar-refractivity contribution in [3.63, 3.8) is 0 Å². The Bertz CT molecular complexity index is 583. The molecule has 1 saturated heterocycles. The Labute approximate surface area is 120 Å². The number of nitrogens with zero attached hydrogens (tertiary/aromatic N) is 2. The number of nitrogens with one attached hydrogen (secondary N) is 1. The van der Waals surface area contributed by atoms with Gasteiger partial charge < -0.3 is 15.3 Å². The van der Waals surface area contributed by atoms with Crippen LogP contribution in [0.1, 0.15) is 6.42 Å². The number of aliphatic hydroxyl groups is 1. The minimum absolute atomic E-state index is 0.163. The normalized spacial score (nSPS) is 18.2. The van der Waals surface area contributed by atoms with Crippen LogP contribution >= 0.6 is 11.3 Å². The van der Waals surface area contributed by atoms with E-state index in [9.17, 15) is 9.90 Å². The van der Waals surface area contributed by atoms with Crippen LogP contribution < -0.4 is 5.32 Å². The van der Waals surface area contributed by atoms with Crippen LogP contribution in [0.2, 0.25) is 0 Å². The molecule has 0 radical (unpaired) electrons. The largest absolute Gasteiger partial charge is 0.391 e. The van der Waals surface area contributed by atoms with E-state index in [1.54, 1.807) is 22.4 Å². The highest BCUT2D eigenvalue weighted by Gasteiger charge is 2.24. The molecule has 1 aliphatic heterocycles. The van der Waals surface area contributed by atoms with E-state index in [2.05, 4.69) is 10.3 Å². The molecule has 3 rings (SSSR count). The Kier molecular flexibility index (Phi) is 3.66. The summed E-state index contributed by atoms with van der Waals surface area (Å²) in [5.41, 5.74) is 1.78. The van der Waals surface area contributed by atoms with Gasteiger partial charge in [0.15, 0.2) is 0 Å². The Morgan fingerprint density at radius 3 is 2.80 bits per heavy atom. The van der Waals surface area contributed by atoms with Crippen molar-refractivity contribution in [1.29, 1.82) is 0 Å². The van der Waals surface area contributed by atoms with E-state index in [4.69, 9.17) is 0 Å². The van der Waals surface area contributed by atoms with Crippen molar-refractivity contribution in [3.05, 3.63) is 35.8 Å². The second-order valence-corrected chi connectivity index (χ2v) is 5.63. The van der Waals surface area contributed by atoms with Crippen molar-refractivity contribution >= 4 is 23.1 Å². The Balaban J connectivity index is 1.65. The number of urea groups is 1. The summed E-state index contributed by atoms with van der Waals surface area (Å²) in [6.07, 6.45) is 2.03. The molecule has 2 heterocycles. The number of carbonyl (C=O) groups excluding carboxylic acids is 1. The third-order valence-corrected chi connectivity index (χ3v) is 4.09. The van der Waals surface area contributed by atoms with Crippen LogP contribution in [-0.4, -0.2) is 40.2 Å². The number of thiazole rings is 1. The van der Waals surface area contributed by atoms with Crippen molar-refractivity contribution < 1.29 is 9.90 Å². The van der Waals surface area contributed by atoms with E-state index in [1.165, 1.54) is 0 Å². The van der Waals surface area contributed by atoms with Gasteiger partial charge in [-0.05, 0) is 30.7 Å².